The molecule has 2 N–H and O–H groups in total. The second-order valence-corrected chi connectivity index (χ2v) is 7.44. The molecule has 3 heterocycles. The smallest absolute Gasteiger partial charge is 0.228 e. The minimum absolute atomic E-state index is 0.119. The van der Waals surface area contributed by atoms with Crippen molar-refractivity contribution in [2.75, 3.05) is 19.1 Å². The van der Waals surface area contributed by atoms with Crippen LogP contribution in [0.5, 0.6) is 5.75 Å². The largest absolute Gasteiger partial charge is 0.493 e. The van der Waals surface area contributed by atoms with E-state index in [0.29, 0.717) is 29.6 Å². The van der Waals surface area contributed by atoms with Crippen LogP contribution in [0.3, 0.4) is 0 Å². The van der Waals surface area contributed by atoms with Crippen molar-refractivity contribution in [1.29, 1.82) is 0 Å². The van der Waals surface area contributed by atoms with Gasteiger partial charge >= 0.3 is 0 Å². The second kappa shape index (κ2) is 7.20. The van der Waals surface area contributed by atoms with Gasteiger partial charge in [-0.15, -0.1) is 0 Å². The van der Waals surface area contributed by atoms with Crippen LogP contribution in [-0.4, -0.2) is 43.0 Å². The lowest BCUT2D eigenvalue weighted by atomic mass is 10.1. The van der Waals surface area contributed by atoms with Crippen molar-refractivity contribution in [3.8, 4) is 17.0 Å². The summed E-state index contributed by atoms with van der Waals surface area (Å²) < 4.78 is 24.4. The first-order chi connectivity index (χ1) is 13.1. The third-order valence-corrected chi connectivity index (χ3v) is 5.32. The lowest BCUT2D eigenvalue weighted by molar-refractivity contribution is 0.278. The number of nitrogens with zero attached hydrogens (tertiary/aromatic N) is 5. The van der Waals surface area contributed by atoms with E-state index < -0.39 is 0 Å². The third-order valence-electron chi connectivity index (χ3n) is 4.58. The number of alkyl halides is 1. The quantitative estimate of drug-likeness (QED) is 0.610. The van der Waals surface area contributed by atoms with Gasteiger partial charge in [-0.2, -0.15) is 9.47 Å². The second-order valence-electron chi connectivity index (χ2n) is 6.64. The molecule has 0 atom stereocenters. The average molecular weight is 390 g/mol. The highest BCUT2D eigenvalue weighted by Gasteiger charge is 2.43. The Hall–Kier alpha value is -2.59. The Labute approximate surface area is 159 Å². The topological polar surface area (TPSA) is 98.0 Å². The minimum Gasteiger partial charge on any atom is -0.493 e. The number of aliphatic hydroxyl groups is 1. The molecule has 8 nitrogen and oxygen atoms in total. The first-order valence-electron chi connectivity index (χ1n) is 8.48. The Morgan fingerprint density at radius 2 is 2.26 bits per heavy atom. The molecule has 1 saturated carbocycles. The van der Waals surface area contributed by atoms with Gasteiger partial charge in [0.1, 0.15) is 10.7 Å². The Balaban J connectivity index is 1.58. The maximum atomic E-state index is 13.1. The third kappa shape index (κ3) is 3.76. The molecule has 4 rings (SSSR count). The molecule has 1 aliphatic carbocycles. The fourth-order valence-electron chi connectivity index (χ4n) is 2.77. The molecular weight excluding hydrogens is 371 g/mol. The van der Waals surface area contributed by atoms with Crippen LogP contribution in [0.25, 0.3) is 11.3 Å². The molecule has 142 valence electrons. The van der Waals surface area contributed by atoms with Gasteiger partial charge in [0.05, 0.1) is 38.5 Å². The summed E-state index contributed by atoms with van der Waals surface area (Å²) in [5.74, 6) is 0.904. The summed E-state index contributed by atoms with van der Waals surface area (Å²) in [7, 11) is 1.55. The van der Waals surface area contributed by atoms with Crippen molar-refractivity contribution in [3.63, 3.8) is 0 Å². The molecule has 0 spiro atoms. The van der Waals surface area contributed by atoms with Crippen LogP contribution in [0.4, 0.5) is 15.3 Å². The molecule has 0 saturated heterocycles. The Morgan fingerprint density at radius 1 is 1.41 bits per heavy atom. The van der Waals surface area contributed by atoms with Gasteiger partial charge in [-0.25, -0.2) is 9.97 Å². The molecule has 0 aromatic carbocycles. The monoisotopic (exact) mass is 390 g/mol. The average Bonchev–Trinajstić information content (AvgIpc) is 3.09. The number of ether oxygens (including phenoxy) is 1. The van der Waals surface area contributed by atoms with Crippen molar-refractivity contribution < 1.29 is 14.2 Å². The standard InChI is InChI=1S/C17H19FN6O2S/c1-26-13-6-19-16(21-14-4-12(8-25)23-27-14)22-15(13)11-5-20-24(7-11)10-17(9-18)2-3-17/h4-7,25H,2-3,8-10H2,1H3,(H,19,21,22). The molecule has 1 fully saturated rings. The van der Waals surface area contributed by atoms with Crippen LogP contribution in [0.15, 0.2) is 24.7 Å². The number of nitrogens with one attached hydrogen (secondary N) is 1. The number of halogens is 1. The Kier molecular flexibility index (Phi) is 4.75. The van der Waals surface area contributed by atoms with E-state index in [1.54, 1.807) is 30.3 Å². The van der Waals surface area contributed by atoms with E-state index in [2.05, 4.69) is 24.8 Å². The highest BCUT2D eigenvalue weighted by atomic mass is 32.1. The van der Waals surface area contributed by atoms with Crippen molar-refractivity contribution in [2.24, 2.45) is 5.41 Å². The van der Waals surface area contributed by atoms with Crippen molar-refractivity contribution in [2.45, 2.75) is 26.0 Å². The number of aromatic nitrogens is 5. The SMILES string of the molecule is COc1cnc(Nc2cc(CO)ns2)nc1-c1cnn(CC2(CF)CC2)c1. The summed E-state index contributed by atoms with van der Waals surface area (Å²) >= 11 is 1.22. The van der Waals surface area contributed by atoms with Gasteiger partial charge in [-0.05, 0) is 30.4 Å². The van der Waals surface area contributed by atoms with E-state index in [9.17, 15) is 4.39 Å². The molecule has 0 amide bonds. The maximum Gasteiger partial charge on any atom is 0.228 e. The van der Waals surface area contributed by atoms with Crippen molar-refractivity contribution in [1.82, 2.24) is 24.1 Å². The number of methoxy groups -OCH3 is 1. The predicted octanol–water partition coefficient (Wildman–Crippen LogP) is 2.79. The van der Waals surface area contributed by atoms with Crippen LogP contribution in [0.1, 0.15) is 18.5 Å². The molecule has 3 aromatic heterocycles. The maximum absolute atomic E-state index is 13.1. The highest BCUT2D eigenvalue weighted by Crippen LogP contribution is 2.47. The van der Waals surface area contributed by atoms with E-state index in [4.69, 9.17) is 9.84 Å². The molecule has 0 radical (unpaired) electrons. The summed E-state index contributed by atoms with van der Waals surface area (Å²) in [5.41, 5.74) is 1.70. The van der Waals surface area contributed by atoms with Crippen LogP contribution in [0, 0.1) is 5.41 Å². The first-order valence-corrected chi connectivity index (χ1v) is 9.25. The fraction of sp³-hybridized carbons (Fsp3) is 0.412. The van der Waals surface area contributed by atoms with E-state index in [-0.39, 0.29) is 18.7 Å². The van der Waals surface area contributed by atoms with E-state index in [1.165, 1.54) is 11.5 Å². The van der Waals surface area contributed by atoms with Gasteiger partial charge in [-0.3, -0.25) is 9.07 Å². The molecule has 1 aliphatic rings. The van der Waals surface area contributed by atoms with Gasteiger partial charge in [-0.1, -0.05) is 0 Å². The van der Waals surface area contributed by atoms with Crippen molar-refractivity contribution >= 4 is 22.5 Å². The van der Waals surface area contributed by atoms with E-state index in [1.807, 2.05) is 6.20 Å². The summed E-state index contributed by atoms with van der Waals surface area (Å²) in [6.45, 7) is 0.122. The normalized spacial score (nSPS) is 14.9. The van der Waals surface area contributed by atoms with Gasteiger partial charge in [0.25, 0.3) is 0 Å². The van der Waals surface area contributed by atoms with Crippen LogP contribution in [-0.2, 0) is 13.2 Å². The molecule has 27 heavy (non-hydrogen) atoms. The van der Waals surface area contributed by atoms with Gasteiger partial charge < -0.3 is 15.2 Å². The first kappa shape index (κ1) is 17.8. The molecule has 0 aliphatic heterocycles. The van der Waals surface area contributed by atoms with Crippen molar-refractivity contribution in [3.05, 3.63) is 30.4 Å². The summed E-state index contributed by atoms with van der Waals surface area (Å²) in [5, 5.41) is 17.3. The molecule has 0 unspecified atom stereocenters. The number of rotatable bonds is 8. The zero-order valence-corrected chi connectivity index (χ0v) is 15.5. The van der Waals surface area contributed by atoms with Gasteiger partial charge in [0.2, 0.25) is 5.95 Å². The molecular formula is C17H19FN6O2S. The summed E-state index contributed by atoms with van der Waals surface area (Å²) in [6, 6.07) is 1.74. The fourth-order valence-corrected chi connectivity index (χ4v) is 3.42. The zero-order chi connectivity index (χ0) is 18.9. The zero-order valence-electron chi connectivity index (χ0n) is 14.7. The van der Waals surface area contributed by atoms with Crippen LogP contribution < -0.4 is 10.1 Å². The van der Waals surface area contributed by atoms with Crippen LogP contribution >= 0.6 is 11.5 Å². The highest BCUT2D eigenvalue weighted by molar-refractivity contribution is 7.10. The van der Waals surface area contributed by atoms with Crippen LogP contribution in [0.2, 0.25) is 0 Å². The number of hydrogen-bond donors (Lipinski definition) is 2. The lowest BCUT2D eigenvalue weighted by Gasteiger charge is -2.10. The molecule has 10 heteroatoms. The summed E-state index contributed by atoms with van der Waals surface area (Å²) in [6.07, 6.45) is 6.92. The molecule has 3 aromatic rings. The predicted molar refractivity (Wildman–Crippen MR) is 98.8 cm³/mol. The van der Waals surface area contributed by atoms with Gasteiger partial charge in [0, 0.05) is 23.7 Å². The summed E-state index contributed by atoms with van der Waals surface area (Å²) in [4.78, 5) is 8.78. The van der Waals surface area contributed by atoms with E-state index in [0.717, 1.165) is 23.4 Å². The number of aliphatic hydroxyl groups excluding tert-OH is 1. The molecule has 0 bridgehead atoms. The van der Waals surface area contributed by atoms with Gasteiger partial charge in [0.15, 0.2) is 5.75 Å². The Morgan fingerprint density at radius 3 is 2.93 bits per heavy atom. The van der Waals surface area contributed by atoms with E-state index >= 15 is 0 Å². The number of anilines is 2. The number of hydrogen-bond acceptors (Lipinski definition) is 8. The Bertz CT molecular complexity index is 939. The minimum atomic E-state index is -0.322. The lowest BCUT2D eigenvalue weighted by Crippen LogP contribution is -2.13.